The van der Waals surface area contributed by atoms with Crippen molar-refractivity contribution >= 4 is 27.5 Å². The Morgan fingerprint density at radius 1 is 1.11 bits per heavy atom. The van der Waals surface area contributed by atoms with Gasteiger partial charge in [0, 0.05) is 24.7 Å². The van der Waals surface area contributed by atoms with Gasteiger partial charge in [0.15, 0.2) is 0 Å². The van der Waals surface area contributed by atoms with Crippen molar-refractivity contribution in [2.45, 2.75) is 13.0 Å². The molecule has 0 spiro atoms. The number of amides is 1. The molecule has 1 atom stereocenters. The van der Waals surface area contributed by atoms with Crippen LogP contribution in [-0.2, 0) is 14.8 Å². The van der Waals surface area contributed by atoms with Crippen molar-refractivity contribution in [2.75, 3.05) is 25.9 Å². The van der Waals surface area contributed by atoms with Crippen LogP contribution in [0.4, 0.5) is 0 Å². The number of halogens is 1. The van der Waals surface area contributed by atoms with E-state index in [4.69, 9.17) is 11.6 Å². The van der Waals surface area contributed by atoms with Gasteiger partial charge in [0.05, 0.1) is 12.3 Å². The quantitative estimate of drug-likeness (QED) is 0.722. The number of carbonyl (C=O) groups excluding carboxylic acids is 1. The minimum Gasteiger partial charge on any atom is -0.322 e. The van der Waals surface area contributed by atoms with Gasteiger partial charge in [-0.15, -0.1) is 0 Å². The predicted molar refractivity (Wildman–Crippen MR) is 111 cm³/mol. The van der Waals surface area contributed by atoms with Gasteiger partial charge in [-0.1, -0.05) is 47.9 Å². The van der Waals surface area contributed by atoms with Crippen molar-refractivity contribution in [1.29, 1.82) is 0 Å². The topological polar surface area (TPSA) is 57.7 Å². The average molecular weight is 417 g/mol. The van der Waals surface area contributed by atoms with Gasteiger partial charge in [-0.25, -0.2) is 8.42 Å². The molecule has 0 aliphatic carbocycles. The van der Waals surface area contributed by atoms with E-state index >= 15 is 0 Å². The Hall–Kier alpha value is -2.33. The highest BCUT2D eigenvalue weighted by Crippen LogP contribution is 2.32. The first-order chi connectivity index (χ1) is 13.3. The standard InChI is InChI=1S/C21H21ClN2O3S/c1-3-7-21(25)24-11-10-23(28(2,26)27)15-20(24)18-12-17(13-19(22)14-18)16-8-5-4-6-9-16/h4-6,8-9,12-14,20H,10-11,15H2,1-2H3/t20-/m1/s1. The summed E-state index contributed by atoms with van der Waals surface area (Å²) in [6.07, 6.45) is 1.18. The molecule has 28 heavy (non-hydrogen) atoms. The molecule has 1 aliphatic rings. The summed E-state index contributed by atoms with van der Waals surface area (Å²) >= 11 is 6.37. The van der Waals surface area contributed by atoms with Gasteiger partial charge >= 0.3 is 0 Å². The monoisotopic (exact) mass is 416 g/mol. The Morgan fingerprint density at radius 2 is 1.82 bits per heavy atom. The highest BCUT2D eigenvalue weighted by molar-refractivity contribution is 7.88. The maximum absolute atomic E-state index is 12.5. The van der Waals surface area contributed by atoms with Crippen LogP contribution in [0.15, 0.2) is 48.5 Å². The lowest BCUT2D eigenvalue weighted by molar-refractivity contribution is -0.129. The fraction of sp³-hybridized carbons (Fsp3) is 0.286. The van der Waals surface area contributed by atoms with E-state index in [-0.39, 0.29) is 25.5 Å². The Morgan fingerprint density at radius 3 is 2.46 bits per heavy atom. The number of sulfonamides is 1. The zero-order valence-electron chi connectivity index (χ0n) is 15.7. The lowest BCUT2D eigenvalue weighted by Gasteiger charge is -2.40. The number of nitrogens with zero attached hydrogens (tertiary/aromatic N) is 2. The summed E-state index contributed by atoms with van der Waals surface area (Å²) in [6.45, 7) is 2.30. The molecule has 1 aliphatic heterocycles. The van der Waals surface area contributed by atoms with Crippen LogP contribution in [0.25, 0.3) is 11.1 Å². The summed E-state index contributed by atoms with van der Waals surface area (Å²) in [5, 5.41) is 0.529. The summed E-state index contributed by atoms with van der Waals surface area (Å²) < 4.78 is 25.6. The summed E-state index contributed by atoms with van der Waals surface area (Å²) in [4.78, 5) is 14.2. The van der Waals surface area contributed by atoms with Gasteiger partial charge in [0.1, 0.15) is 0 Å². The Kier molecular flexibility index (Phi) is 6.09. The molecule has 0 aromatic heterocycles. The van der Waals surface area contributed by atoms with Gasteiger partial charge in [0.25, 0.3) is 5.91 Å². The van der Waals surface area contributed by atoms with Gasteiger partial charge in [0.2, 0.25) is 10.0 Å². The fourth-order valence-electron chi connectivity index (χ4n) is 3.37. The van der Waals surface area contributed by atoms with Crippen molar-refractivity contribution < 1.29 is 13.2 Å². The molecular weight excluding hydrogens is 396 g/mol. The molecule has 146 valence electrons. The van der Waals surface area contributed by atoms with Gasteiger partial charge in [-0.2, -0.15) is 4.31 Å². The minimum absolute atomic E-state index is 0.171. The smallest absolute Gasteiger partial charge is 0.299 e. The highest BCUT2D eigenvalue weighted by atomic mass is 35.5. The summed E-state index contributed by atoms with van der Waals surface area (Å²) in [6, 6.07) is 14.9. The third-order valence-corrected chi connectivity index (χ3v) is 6.20. The molecule has 2 aromatic carbocycles. The van der Waals surface area contributed by atoms with Crippen LogP contribution in [0.1, 0.15) is 18.5 Å². The molecule has 2 aromatic rings. The van der Waals surface area contributed by atoms with Gasteiger partial charge < -0.3 is 4.90 Å². The van der Waals surface area contributed by atoms with Crippen molar-refractivity contribution in [3.05, 3.63) is 59.1 Å². The number of carbonyl (C=O) groups is 1. The molecule has 0 saturated carbocycles. The minimum atomic E-state index is -3.37. The molecule has 1 fully saturated rings. The molecule has 0 N–H and O–H groups in total. The van der Waals surface area contributed by atoms with Crippen LogP contribution >= 0.6 is 11.6 Å². The molecule has 1 amide bonds. The Labute approximate surface area is 171 Å². The first-order valence-corrected chi connectivity index (χ1v) is 11.1. The fourth-order valence-corrected chi connectivity index (χ4v) is 4.44. The largest absolute Gasteiger partial charge is 0.322 e. The first kappa shape index (κ1) is 20.4. The van der Waals surface area contributed by atoms with Crippen LogP contribution in [0.3, 0.4) is 0 Å². The first-order valence-electron chi connectivity index (χ1n) is 8.84. The lowest BCUT2D eigenvalue weighted by Crippen LogP contribution is -2.51. The van der Waals surface area contributed by atoms with E-state index in [1.54, 1.807) is 17.9 Å². The van der Waals surface area contributed by atoms with Gasteiger partial charge in [-0.05, 0) is 47.7 Å². The van der Waals surface area contributed by atoms with Crippen LogP contribution in [0.2, 0.25) is 5.02 Å². The SMILES string of the molecule is CC#CC(=O)N1CCN(S(C)(=O)=O)C[C@@H]1c1cc(Cl)cc(-c2ccccc2)c1. The van der Waals surface area contributed by atoms with E-state index < -0.39 is 16.1 Å². The van der Waals surface area contributed by atoms with E-state index in [9.17, 15) is 13.2 Å². The molecule has 1 saturated heterocycles. The maximum Gasteiger partial charge on any atom is 0.299 e. The van der Waals surface area contributed by atoms with E-state index in [0.29, 0.717) is 5.02 Å². The average Bonchev–Trinajstić information content (AvgIpc) is 2.67. The van der Waals surface area contributed by atoms with Gasteiger partial charge in [-0.3, -0.25) is 4.79 Å². The number of rotatable bonds is 3. The zero-order chi connectivity index (χ0) is 20.3. The second-order valence-electron chi connectivity index (χ2n) is 6.65. The molecule has 7 heteroatoms. The molecule has 0 bridgehead atoms. The normalized spacial score (nSPS) is 17.7. The van der Waals surface area contributed by atoms with E-state index in [2.05, 4.69) is 11.8 Å². The second-order valence-corrected chi connectivity index (χ2v) is 9.07. The maximum atomic E-state index is 12.5. The molecular formula is C21H21ClN2O3S. The van der Waals surface area contributed by atoms with Crippen LogP contribution < -0.4 is 0 Å². The second kappa shape index (κ2) is 8.36. The number of benzene rings is 2. The van der Waals surface area contributed by atoms with Crippen molar-refractivity contribution in [2.24, 2.45) is 0 Å². The highest BCUT2D eigenvalue weighted by Gasteiger charge is 2.34. The molecule has 0 radical (unpaired) electrons. The number of piperazine rings is 1. The third kappa shape index (κ3) is 4.56. The van der Waals surface area contributed by atoms with E-state index in [1.807, 2.05) is 42.5 Å². The molecule has 1 heterocycles. The lowest BCUT2D eigenvalue weighted by atomic mass is 9.97. The van der Waals surface area contributed by atoms with Crippen LogP contribution in [0, 0.1) is 11.8 Å². The number of hydrogen-bond donors (Lipinski definition) is 0. The van der Waals surface area contributed by atoms with Crippen LogP contribution in [0.5, 0.6) is 0 Å². The molecule has 5 nitrogen and oxygen atoms in total. The summed E-state index contributed by atoms with van der Waals surface area (Å²) in [5.41, 5.74) is 2.69. The Bertz CT molecular complexity index is 1040. The molecule has 0 unspecified atom stereocenters. The summed E-state index contributed by atoms with van der Waals surface area (Å²) in [7, 11) is -3.37. The Balaban J connectivity index is 2.06. The summed E-state index contributed by atoms with van der Waals surface area (Å²) in [5.74, 6) is 4.88. The van der Waals surface area contributed by atoms with E-state index in [0.717, 1.165) is 16.7 Å². The predicted octanol–water partition coefficient (Wildman–Crippen LogP) is 3.18. The number of hydrogen-bond acceptors (Lipinski definition) is 3. The van der Waals surface area contributed by atoms with Crippen molar-refractivity contribution in [3.8, 4) is 23.0 Å². The zero-order valence-corrected chi connectivity index (χ0v) is 17.3. The van der Waals surface area contributed by atoms with Crippen LogP contribution in [-0.4, -0.2) is 49.4 Å². The molecule has 3 rings (SSSR count). The van der Waals surface area contributed by atoms with Crippen molar-refractivity contribution in [1.82, 2.24) is 9.21 Å². The van der Waals surface area contributed by atoms with Crippen molar-refractivity contribution in [3.63, 3.8) is 0 Å². The van der Waals surface area contributed by atoms with E-state index in [1.165, 1.54) is 10.6 Å². The third-order valence-electron chi connectivity index (χ3n) is 4.72.